The number of nitrogens with one attached hydrogen (secondary N) is 2. The molecular weight excluding hydrogens is 360 g/mol. The average molecular weight is 384 g/mol. The zero-order chi connectivity index (χ0) is 19.2. The summed E-state index contributed by atoms with van der Waals surface area (Å²) in [5, 5.41) is 6.21. The molecule has 148 valence electrons. The Morgan fingerprint density at radius 3 is 2.68 bits per heavy atom. The molecule has 8 nitrogen and oxygen atoms in total. The van der Waals surface area contributed by atoms with Crippen molar-refractivity contribution in [3.05, 3.63) is 42.2 Å². The fourth-order valence-electron chi connectivity index (χ4n) is 3.16. The van der Waals surface area contributed by atoms with Gasteiger partial charge < -0.3 is 24.8 Å². The minimum Gasteiger partial charge on any atom is -0.486 e. The van der Waals surface area contributed by atoms with Crippen LogP contribution in [0.15, 0.2) is 36.5 Å². The van der Waals surface area contributed by atoms with Gasteiger partial charge in [0.25, 0.3) is 5.91 Å². The predicted molar refractivity (Wildman–Crippen MR) is 105 cm³/mol. The van der Waals surface area contributed by atoms with Crippen LogP contribution in [-0.4, -0.2) is 68.4 Å². The molecule has 1 aromatic carbocycles. The third-order valence-electron chi connectivity index (χ3n) is 4.65. The van der Waals surface area contributed by atoms with Gasteiger partial charge in [0.2, 0.25) is 0 Å². The Hall–Kier alpha value is -2.84. The second-order valence-electron chi connectivity index (χ2n) is 6.62. The van der Waals surface area contributed by atoms with Crippen LogP contribution in [0.5, 0.6) is 11.5 Å². The Labute approximate surface area is 163 Å². The molecular formula is C20H24N4O4. The number of aromatic nitrogens is 1. The van der Waals surface area contributed by atoms with E-state index in [0.29, 0.717) is 36.1 Å². The van der Waals surface area contributed by atoms with E-state index >= 15 is 0 Å². The van der Waals surface area contributed by atoms with Crippen LogP contribution in [-0.2, 0) is 4.74 Å². The monoisotopic (exact) mass is 384 g/mol. The molecule has 1 aromatic heterocycles. The van der Waals surface area contributed by atoms with Gasteiger partial charge in [-0.05, 0) is 24.3 Å². The van der Waals surface area contributed by atoms with Gasteiger partial charge in [-0.15, -0.1) is 0 Å². The van der Waals surface area contributed by atoms with Crippen molar-refractivity contribution in [3.63, 3.8) is 0 Å². The molecule has 4 rings (SSSR count). The number of hydrogen-bond acceptors (Lipinski definition) is 7. The Balaban J connectivity index is 1.33. The van der Waals surface area contributed by atoms with Crippen LogP contribution >= 0.6 is 0 Å². The molecule has 2 N–H and O–H groups in total. The standard InChI is InChI=1S/C20H24N4O4/c25-20(23-16-1-2-18-19(14-16)28-12-11-27-18)17-13-15(3-4-22-17)21-5-6-24-7-9-26-10-8-24/h1-4,13-14H,5-12H2,(H,21,22)(H,23,25). The maximum absolute atomic E-state index is 12.6. The van der Waals surface area contributed by atoms with Gasteiger partial charge in [0.15, 0.2) is 11.5 Å². The van der Waals surface area contributed by atoms with E-state index in [1.807, 2.05) is 6.07 Å². The highest BCUT2D eigenvalue weighted by atomic mass is 16.6. The lowest BCUT2D eigenvalue weighted by Crippen LogP contribution is -2.39. The van der Waals surface area contributed by atoms with Crippen LogP contribution < -0.4 is 20.1 Å². The second-order valence-corrected chi connectivity index (χ2v) is 6.62. The molecule has 0 bridgehead atoms. The topological polar surface area (TPSA) is 85.0 Å². The van der Waals surface area contributed by atoms with E-state index in [1.54, 1.807) is 30.5 Å². The minimum atomic E-state index is -0.270. The van der Waals surface area contributed by atoms with Crippen LogP contribution in [0, 0.1) is 0 Å². The molecule has 0 aliphatic carbocycles. The van der Waals surface area contributed by atoms with E-state index in [1.165, 1.54) is 0 Å². The van der Waals surface area contributed by atoms with Crippen molar-refractivity contribution in [2.24, 2.45) is 0 Å². The molecule has 1 amide bonds. The van der Waals surface area contributed by atoms with Crippen molar-refractivity contribution in [2.75, 3.05) is 63.2 Å². The number of morpholine rings is 1. The molecule has 1 saturated heterocycles. The molecule has 2 aliphatic heterocycles. The largest absolute Gasteiger partial charge is 0.486 e. The number of amides is 1. The lowest BCUT2D eigenvalue weighted by atomic mass is 10.2. The SMILES string of the molecule is O=C(Nc1ccc2c(c1)OCCO2)c1cc(NCCN2CCOCC2)ccn1. The fraction of sp³-hybridized carbons (Fsp3) is 0.400. The molecule has 2 aromatic rings. The van der Waals surface area contributed by atoms with Crippen LogP contribution in [0.25, 0.3) is 0 Å². The Morgan fingerprint density at radius 1 is 1.00 bits per heavy atom. The number of fused-ring (bicyclic) bond motifs is 1. The van der Waals surface area contributed by atoms with E-state index in [9.17, 15) is 4.79 Å². The number of carbonyl (C=O) groups is 1. The van der Waals surface area contributed by atoms with Crippen molar-refractivity contribution in [3.8, 4) is 11.5 Å². The summed E-state index contributed by atoms with van der Waals surface area (Å²) < 4.78 is 16.4. The average Bonchev–Trinajstić information content (AvgIpc) is 2.75. The first kappa shape index (κ1) is 18.5. The van der Waals surface area contributed by atoms with Crippen molar-refractivity contribution >= 4 is 17.3 Å². The first-order valence-electron chi connectivity index (χ1n) is 9.49. The third-order valence-corrected chi connectivity index (χ3v) is 4.65. The smallest absolute Gasteiger partial charge is 0.274 e. The quantitative estimate of drug-likeness (QED) is 0.786. The van der Waals surface area contributed by atoms with Crippen LogP contribution in [0.3, 0.4) is 0 Å². The summed E-state index contributed by atoms with van der Waals surface area (Å²) in [4.78, 5) is 19.1. The summed E-state index contributed by atoms with van der Waals surface area (Å²) in [7, 11) is 0. The molecule has 1 fully saturated rings. The van der Waals surface area contributed by atoms with Crippen molar-refractivity contribution < 1.29 is 19.0 Å². The normalized spacial score (nSPS) is 16.4. The number of nitrogens with zero attached hydrogens (tertiary/aromatic N) is 2. The highest BCUT2D eigenvalue weighted by Crippen LogP contribution is 2.32. The number of ether oxygens (including phenoxy) is 3. The molecule has 0 atom stereocenters. The lowest BCUT2D eigenvalue weighted by molar-refractivity contribution is 0.0398. The summed E-state index contributed by atoms with van der Waals surface area (Å²) in [6.07, 6.45) is 1.63. The zero-order valence-electron chi connectivity index (χ0n) is 15.6. The van der Waals surface area contributed by atoms with Gasteiger partial charge in [0.05, 0.1) is 13.2 Å². The van der Waals surface area contributed by atoms with Crippen molar-refractivity contribution in [1.29, 1.82) is 0 Å². The number of anilines is 2. The Bertz CT molecular complexity index is 824. The van der Waals surface area contributed by atoms with Gasteiger partial charge in [-0.3, -0.25) is 14.7 Å². The van der Waals surface area contributed by atoms with E-state index in [-0.39, 0.29) is 5.91 Å². The summed E-state index contributed by atoms with van der Waals surface area (Å²) in [5.74, 6) is 1.05. The molecule has 0 radical (unpaired) electrons. The third kappa shape index (κ3) is 4.71. The molecule has 3 heterocycles. The lowest BCUT2D eigenvalue weighted by Gasteiger charge is -2.26. The first-order valence-corrected chi connectivity index (χ1v) is 9.49. The van der Waals surface area contributed by atoms with Crippen LogP contribution in [0.4, 0.5) is 11.4 Å². The number of pyridine rings is 1. The van der Waals surface area contributed by atoms with Gasteiger partial charge in [0, 0.05) is 49.8 Å². The maximum Gasteiger partial charge on any atom is 0.274 e. The predicted octanol–water partition coefficient (Wildman–Crippen LogP) is 1.85. The molecule has 2 aliphatic rings. The van der Waals surface area contributed by atoms with Gasteiger partial charge in [-0.2, -0.15) is 0 Å². The Morgan fingerprint density at radius 2 is 1.82 bits per heavy atom. The van der Waals surface area contributed by atoms with Crippen molar-refractivity contribution in [1.82, 2.24) is 9.88 Å². The van der Waals surface area contributed by atoms with E-state index in [2.05, 4.69) is 20.5 Å². The number of benzene rings is 1. The van der Waals surface area contributed by atoms with Gasteiger partial charge in [0.1, 0.15) is 18.9 Å². The van der Waals surface area contributed by atoms with Gasteiger partial charge in [-0.1, -0.05) is 0 Å². The molecule has 0 unspecified atom stereocenters. The minimum absolute atomic E-state index is 0.270. The highest BCUT2D eigenvalue weighted by Gasteiger charge is 2.14. The zero-order valence-corrected chi connectivity index (χ0v) is 15.6. The van der Waals surface area contributed by atoms with E-state index in [0.717, 1.165) is 45.1 Å². The van der Waals surface area contributed by atoms with Crippen LogP contribution in [0.1, 0.15) is 10.5 Å². The Kier molecular flexibility index (Phi) is 5.89. The number of rotatable bonds is 6. The molecule has 0 saturated carbocycles. The fourth-order valence-corrected chi connectivity index (χ4v) is 3.16. The maximum atomic E-state index is 12.6. The second kappa shape index (κ2) is 8.90. The number of hydrogen-bond donors (Lipinski definition) is 2. The van der Waals surface area contributed by atoms with Crippen LogP contribution in [0.2, 0.25) is 0 Å². The number of carbonyl (C=O) groups excluding carboxylic acids is 1. The molecule has 28 heavy (non-hydrogen) atoms. The van der Waals surface area contributed by atoms with E-state index in [4.69, 9.17) is 14.2 Å². The summed E-state index contributed by atoms with van der Waals surface area (Å²) in [6.45, 7) is 6.27. The molecule has 0 spiro atoms. The van der Waals surface area contributed by atoms with Gasteiger partial charge in [-0.25, -0.2) is 0 Å². The summed E-state index contributed by atoms with van der Waals surface area (Å²) in [6, 6.07) is 8.96. The van der Waals surface area contributed by atoms with E-state index < -0.39 is 0 Å². The summed E-state index contributed by atoms with van der Waals surface area (Å²) in [5.41, 5.74) is 1.86. The van der Waals surface area contributed by atoms with Crippen molar-refractivity contribution in [2.45, 2.75) is 0 Å². The first-order chi connectivity index (χ1) is 13.8. The molecule has 8 heteroatoms. The summed E-state index contributed by atoms with van der Waals surface area (Å²) >= 11 is 0. The highest BCUT2D eigenvalue weighted by molar-refractivity contribution is 6.03. The van der Waals surface area contributed by atoms with Gasteiger partial charge >= 0.3 is 0 Å².